The third-order valence-electron chi connectivity index (χ3n) is 5.05. The van der Waals surface area contributed by atoms with E-state index in [0.717, 1.165) is 51.9 Å². The molecule has 1 aromatic rings. The molecule has 1 heterocycles. The van der Waals surface area contributed by atoms with E-state index in [9.17, 15) is 4.79 Å². The minimum absolute atomic E-state index is 0.0779. The highest BCUT2D eigenvalue weighted by Crippen LogP contribution is 2.28. The Morgan fingerprint density at radius 2 is 2.16 bits per heavy atom. The van der Waals surface area contributed by atoms with Crippen LogP contribution in [0.1, 0.15) is 49.3 Å². The SMILES string of the molecule is O=C(NCCCOCC1CCOC1)NC1CCCCc2ccccc21. The summed E-state index contributed by atoms with van der Waals surface area (Å²) in [4.78, 5) is 12.2. The van der Waals surface area contributed by atoms with Gasteiger partial charge in [0.25, 0.3) is 0 Å². The molecule has 0 spiro atoms. The number of benzene rings is 1. The minimum Gasteiger partial charge on any atom is -0.381 e. The first-order valence-electron chi connectivity index (χ1n) is 9.60. The lowest BCUT2D eigenvalue weighted by molar-refractivity contribution is 0.0885. The summed E-state index contributed by atoms with van der Waals surface area (Å²) in [6, 6.07) is 8.51. The second kappa shape index (κ2) is 9.78. The van der Waals surface area contributed by atoms with Crippen molar-refractivity contribution >= 4 is 6.03 Å². The fourth-order valence-corrected chi connectivity index (χ4v) is 3.62. The molecule has 5 nitrogen and oxygen atoms in total. The number of hydrogen-bond donors (Lipinski definition) is 2. The zero-order valence-corrected chi connectivity index (χ0v) is 15.0. The molecule has 0 saturated carbocycles. The van der Waals surface area contributed by atoms with Gasteiger partial charge in [-0.1, -0.05) is 30.7 Å². The number of nitrogens with one attached hydrogen (secondary N) is 2. The average molecular weight is 346 g/mol. The maximum atomic E-state index is 12.2. The van der Waals surface area contributed by atoms with E-state index in [-0.39, 0.29) is 12.1 Å². The Hall–Kier alpha value is -1.59. The van der Waals surface area contributed by atoms with Gasteiger partial charge in [0.05, 0.1) is 19.3 Å². The smallest absolute Gasteiger partial charge is 0.315 e. The van der Waals surface area contributed by atoms with Crippen LogP contribution in [0, 0.1) is 5.92 Å². The number of rotatable bonds is 7. The van der Waals surface area contributed by atoms with Crippen LogP contribution in [0.25, 0.3) is 0 Å². The van der Waals surface area contributed by atoms with Crippen molar-refractivity contribution in [3.63, 3.8) is 0 Å². The van der Waals surface area contributed by atoms with Gasteiger partial charge in [0.2, 0.25) is 0 Å². The van der Waals surface area contributed by atoms with Crippen LogP contribution in [-0.2, 0) is 15.9 Å². The summed E-state index contributed by atoms with van der Waals surface area (Å²) >= 11 is 0. The van der Waals surface area contributed by atoms with Crippen LogP contribution in [0.4, 0.5) is 4.79 Å². The van der Waals surface area contributed by atoms with E-state index >= 15 is 0 Å². The van der Waals surface area contributed by atoms with Gasteiger partial charge < -0.3 is 20.1 Å². The molecule has 2 aliphatic rings. The highest BCUT2D eigenvalue weighted by Gasteiger charge is 2.20. The lowest BCUT2D eigenvalue weighted by Gasteiger charge is -2.19. The molecule has 0 bridgehead atoms. The number of fused-ring (bicyclic) bond motifs is 1. The van der Waals surface area contributed by atoms with Crippen LogP contribution in [0.2, 0.25) is 0 Å². The molecule has 2 atom stereocenters. The van der Waals surface area contributed by atoms with Gasteiger partial charge in [-0.15, -0.1) is 0 Å². The summed E-state index contributed by atoms with van der Waals surface area (Å²) in [6.07, 6.45) is 6.40. The van der Waals surface area contributed by atoms with Crippen LogP contribution in [0.3, 0.4) is 0 Å². The fourth-order valence-electron chi connectivity index (χ4n) is 3.62. The molecule has 5 heteroatoms. The normalized spacial score (nSPS) is 22.9. The van der Waals surface area contributed by atoms with Crippen molar-refractivity contribution in [2.45, 2.75) is 44.6 Å². The van der Waals surface area contributed by atoms with E-state index in [0.29, 0.717) is 19.1 Å². The summed E-state index contributed by atoms with van der Waals surface area (Å²) in [5.74, 6) is 0.548. The molecule has 2 unspecified atom stereocenters. The Morgan fingerprint density at radius 1 is 1.24 bits per heavy atom. The van der Waals surface area contributed by atoms with E-state index in [2.05, 4.69) is 34.9 Å². The molecule has 2 N–H and O–H groups in total. The number of carbonyl (C=O) groups is 1. The predicted octanol–water partition coefficient (Wildman–Crippen LogP) is 3.20. The van der Waals surface area contributed by atoms with E-state index < -0.39 is 0 Å². The molecule has 1 aliphatic heterocycles. The van der Waals surface area contributed by atoms with Gasteiger partial charge in [0.15, 0.2) is 0 Å². The first-order chi connectivity index (χ1) is 12.3. The molecule has 0 aromatic heterocycles. The Balaban J connectivity index is 1.33. The van der Waals surface area contributed by atoms with Crippen LogP contribution < -0.4 is 10.6 Å². The van der Waals surface area contributed by atoms with Crippen molar-refractivity contribution in [3.05, 3.63) is 35.4 Å². The third kappa shape index (κ3) is 5.72. The number of carbonyl (C=O) groups excluding carboxylic acids is 1. The van der Waals surface area contributed by atoms with Crippen molar-refractivity contribution < 1.29 is 14.3 Å². The van der Waals surface area contributed by atoms with E-state index in [1.165, 1.54) is 17.5 Å². The van der Waals surface area contributed by atoms with Gasteiger partial charge in [0.1, 0.15) is 0 Å². The molecule has 25 heavy (non-hydrogen) atoms. The minimum atomic E-state index is -0.0779. The third-order valence-corrected chi connectivity index (χ3v) is 5.05. The molecule has 138 valence electrons. The van der Waals surface area contributed by atoms with Crippen molar-refractivity contribution in [2.75, 3.05) is 33.0 Å². The topological polar surface area (TPSA) is 59.6 Å². The van der Waals surface area contributed by atoms with Gasteiger partial charge in [-0.2, -0.15) is 0 Å². The standard InChI is InChI=1S/C20H30N2O3/c23-20(21-11-5-12-24-14-16-10-13-25-15-16)22-19-9-4-2-7-17-6-1-3-8-18(17)19/h1,3,6,8,16,19H,2,4-5,7,9-15H2,(H2,21,22,23). The van der Waals surface area contributed by atoms with Crippen LogP contribution in [0.5, 0.6) is 0 Å². The first-order valence-corrected chi connectivity index (χ1v) is 9.60. The molecular formula is C20H30N2O3. The Labute approximate surface area is 150 Å². The Morgan fingerprint density at radius 3 is 3.04 bits per heavy atom. The van der Waals surface area contributed by atoms with Crippen LogP contribution in [0.15, 0.2) is 24.3 Å². The largest absolute Gasteiger partial charge is 0.381 e. The number of aryl methyl sites for hydroxylation is 1. The monoisotopic (exact) mass is 346 g/mol. The van der Waals surface area contributed by atoms with Crippen molar-refractivity contribution in [2.24, 2.45) is 5.92 Å². The first kappa shape index (κ1) is 18.2. The fraction of sp³-hybridized carbons (Fsp3) is 0.650. The van der Waals surface area contributed by atoms with Crippen molar-refractivity contribution in [1.82, 2.24) is 10.6 Å². The Bertz CT molecular complexity index is 543. The van der Waals surface area contributed by atoms with Crippen molar-refractivity contribution in [3.8, 4) is 0 Å². The molecule has 1 aliphatic carbocycles. The molecule has 0 radical (unpaired) electrons. The maximum Gasteiger partial charge on any atom is 0.315 e. The zero-order valence-electron chi connectivity index (χ0n) is 15.0. The molecule has 3 rings (SSSR count). The highest BCUT2D eigenvalue weighted by atomic mass is 16.5. The second-order valence-corrected chi connectivity index (χ2v) is 7.06. The maximum absolute atomic E-state index is 12.2. The van der Waals surface area contributed by atoms with Gasteiger partial charge in [-0.25, -0.2) is 4.79 Å². The van der Waals surface area contributed by atoms with E-state index in [4.69, 9.17) is 9.47 Å². The number of amides is 2. The predicted molar refractivity (Wildman–Crippen MR) is 97.6 cm³/mol. The highest BCUT2D eigenvalue weighted by molar-refractivity contribution is 5.74. The average Bonchev–Trinajstić information content (AvgIpc) is 3.06. The summed E-state index contributed by atoms with van der Waals surface area (Å²) < 4.78 is 11.0. The van der Waals surface area contributed by atoms with Crippen LogP contribution in [-0.4, -0.2) is 39.0 Å². The lowest BCUT2D eigenvalue weighted by atomic mass is 9.99. The van der Waals surface area contributed by atoms with Gasteiger partial charge >= 0.3 is 6.03 Å². The molecular weight excluding hydrogens is 316 g/mol. The number of urea groups is 1. The van der Waals surface area contributed by atoms with Gasteiger partial charge in [-0.05, 0) is 43.2 Å². The van der Waals surface area contributed by atoms with Gasteiger partial charge in [0, 0.05) is 25.7 Å². The summed E-state index contributed by atoms with van der Waals surface area (Å²) in [7, 11) is 0. The molecule has 1 fully saturated rings. The summed E-state index contributed by atoms with van der Waals surface area (Å²) in [5, 5.41) is 6.10. The van der Waals surface area contributed by atoms with Crippen LogP contribution >= 0.6 is 0 Å². The molecule has 2 amide bonds. The van der Waals surface area contributed by atoms with Gasteiger partial charge in [-0.3, -0.25) is 0 Å². The number of hydrogen-bond acceptors (Lipinski definition) is 3. The summed E-state index contributed by atoms with van der Waals surface area (Å²) in [5.41, 5.74) is 2.65. The Kier molecular flexibility index (Phi) is 7.12. The summed E-state index contributed by atoms with van der Waals surface area (Å²) in [6.45, 7) is 3.78. The zero-order chi connectivity index (χ0) is 17.3. The molecule has 1 saturated heterocycles. The van der Waals surface area contributed by atoms with E-state index in [1.54, 1.807) is 0 Å². The number of ether oxygens (including phenoxy) is 2. The second-order valence-electron chi connectivity index (χ2n) is 7.06. The lowest BCUT2D eigenvalue weighted by Crippen LogP contribution is -2.38. The van der Waals surface area contributed by atoms with E-state index in [1.807, 2.05) is 0 Å². The molecule has 1 aromatic carbocycles. The van der Waals surface area contributed by atoms with Crippen molar-refractivity contribution in [1.29, 1.82) is 0 Å². The quantitative estimate of drug-likeness (QED) is 0.589.